The highest BCUT2D eigenvalue weighted by atomic mass is 19.1. The standard InChI is InChI=1S/C23H28F2N2O2/c1-16(2)23(29,18-12-19(24)14-20(25)13-18)22(28)26-21-8-10-27(11-9-21)15-17-6-4-3-5-7-17/h3-7,12-14,16,21,29H,8-11,15H2,1-2H3,(H,26,28). The van der Waals surface area contributed by atoms with Gasteiger partial charge in [-0.05, 0) is 42.0 Å². The minimum absolute atomic E-state index is 0.0657. The zero-order valence-corrected chi connectivity index (χ0v) is 16.9. The average Bonchev–Trinajstić information content (AvgIpc) is 2.68. The highest BCUT2D eigenvalue weighted by Crippen LogP contribution is 2.31. The molecular formula is C23H28F2N2O2. The third-order valence-corrected chi connectivity index (χ3v) is 5.66. The van der Waals surface area contributed by atoms with Gasteiger partial charge in [0.25, 0.3) is 5.91 Å². The van der Waals surface area contributed by atoms with Gasteiger partial charge in [-0.15, -0.1) is 0 Å². The van der Waals surface area contributed by atoms with Gasteiger partial charge < -0.3 is 10.4 Å². The predicted molar refractivity (Wildman–Crippen MR) is 108 cm³/mol. The van der Waals surface area contributed by atoms with Gasteiger partial charge in [-0.3, -0.25) is 9.69 Å². The van der Waals surface area contributed by atoms with E-state index in [0.717, 1.165) is 50.7 Å². The van der Waals surface area contributed by atoms with E-state index in [1.54, 1.807) is 13.8 Å². The van der Waals surface area contributed by atoms with Crippen LogP contribution in [0.15, 0.2) is 48.5 Å². The molecule has 1 saturated heterocycles. The topological polar surface area (TPSA) is 52.6 Å². The van der Waals surface area contributed by atoms with E-state index in [1.165, 1.54) is 5.56 Å². The Bertz CT molecular complexity index is 816. The maximum Gasteiger partial charge on any atom is 0.257 e. The fourth-order valence-electron chi connectivity index (χ4n) is 3.87. The summed E-state index contributed by atoms with van der Waals surface area (Å²) in [6.45, 7) is 5.83. The monoisotopic (exact) mass is 402 g/mol. The second-order valence-corrected chi connectivity index (χ2v) is 8.09. The Balaban J connectivity index is 1.64. The van der Waals surface area contributed by atoms with Gasteiger partial charge in [-0.2, -0.15) is 0 Å². The first-order valence-electron chi connectivity index (χ1n) is 10.0. The van der Waals surface area contributed by atoms with E-state index in [-0.39, 0.29) is 11.6 Å². The Morgan fingerprint density at radius 1 is 1.14 bits per heavy atom. The Kier molecular flexibility index (Phi) is 6.65. The van der Waals surface area contributed by atoms with Crippen molar-refractivity contribution >= 4 is 5.91 Å². The maximum atomic E-state index is 13.7. The number of hydrogen-bond donors (Lipinski definition) is 2. The number of carbonyl (C=O) groups excluding carboxylic acids is 1. The summed E-state index contributed by atoms with van der Waals surface area (Å²) in [6, 6.07) is 12.9. The lowest BCUT2D eigenvalue weighted by molar-refractivity contribution is -0.147. The van der Waals surface area contributed by atoms with E-state index >= 15 is 0 Å². The molecule has 1 amide bonds. The van der Waals surface area contributed by atoms with Crippen LogP contribution in [-0.2, 0) is 16.9 Å². The number of likely N-dealkylation sites (tertiary alicyclic amines) is 1. The number of rotatable bonds is 6. The normalized spacial score (nSPS) is 17.9. The number of amides is 1. The molecule has 0 aliphatic carbocycles. The molecule has 3 rings (SSSR count). The molecule has 1 heterocycles. The summed E-state index contributed by atoms with van der Waals surface area (Å²) < 4.78 is 27.4. The molecule has 0 bridgehead atoms. The Labute approximate surface area is 170 Å². The van der Waals surface area contributed by atoms with Gasteiger partial charge in [0.1, 0.15) is 11.6 Å². The van der Waals surface area contributed by atoms with E-state index in [4.69, 9.17) is 0 Å². The number of piperidine rings is 1. The number of nitrogens with one attached hydrogen (secondary N) is 1. The molecule has 4 nitrogen and oxygen atoms in total. The van der Waals surface area contributed by atoms with Crippen LogP contribution >= 0.6 is 0 Å². The lowest BCUT2D eigenvalue weighted by Crippen LogP contribution is -2.53. The molecule has 2 aromatic carbocycles. The maximum absolute atomic E-state index is 13.7. The number of nitrogens with zero attached hydrogens (tertiary/aromatic N) is 1. The van der Waals surface area contributed by atoms with Crippen molar-refractivity contribution in [2.75, 3.05) is 13.1 Å². The quantitative estimate of drug-likeness (QED) is 0.777. The van der Waals surface area contributed by atoms with Gasteiger partial charge >= 0.3 is 0 Å². The van der Waals surface area contributed by atoms with Gasteiger partial charge in [0, 0.05) is 31.7 Å². The van der Waals surface area contributed by atoms with Crippen LogP contribution in [0.1, 0.15) is 37.8 Å². The van der Waals surface area contributed by atoms with Crippen LogP contribution in [0.3, 0.4) is 0 Å². The van der Waals surface area contributed by atoms with E-state index in [9.17, 15) is 18.7 Å². The first-order chi connectivity index (χ1) is 13.8. The van der Waals surface area contributed by atoms with Crippen LogP contribution in [0.2, 0.25) is 0 Å². The molecule has 6 heteroatoms. The number of carbonyl (C=O) groups is 1. The molecule has 1 atom stereocenters. The zero-order valence-electron chi connectivity index (χ0n) is 16.9. The number of aliphatic hydroxyl groups is 1. The molecule has 0 radical (unpaired) electrons. The summed E-state index contributed by atoms with van der Waals surface area (Å²) in [7, 11) is 0. The van der Waals surface area contributed by atoms with E-state index in [2.05, 4.69) is 22.3 Å². The van der Waals surface area contributed by atoms with Crippen molar-refractivity contribution in [3.63, 3.8) is 0 Å². The molecule has 0 spiro atoms. The van der Waals surface area contributed by atoms with Gasteiger partial charge in [0.05, 0.1) is 0 Å². The van der Waals surface area contributed by atoms with Crippen molar-refractivity contribution in [1.29, 1.82) is 0 Å². The lowest BCUT2D eigenvalue weighted by Gasteiger charge is -2.36. The third kappa shape index (κ3) is 5.00. The summed E-state index contributed by atoms with van der Waals surface area (Å²) in [6.07, 6.45) is 1.51. The summed E-state index contributed by atoms with van der Waals surface area (Å²) in [5.74, 6) is -2.80. The molecule has 2 N–H and O–H groups in total. The molecule has 1 fully saturated rings. The third-order valence-electron chi connectivity index (χ3n) is 5.66. The highest BCUT2D eigenvalue weighted by Gasteiger charge is 2.42. The largest absolute Gasteiger partial charge is 0.375 e. The second kappa shape index (κ2) is 9.01. The van der Waals surface area contributed by atoms with Crippen molar-refractivity contribution < 1.29 is 18.7 Å². The van der Waals surface area contributed by atoms with Crippen LogP contribution in [0.5, 0.6) is 0 Å². The summed E-state index contributed by atoms with van der Waals surface area (Å²) in [5, 5.41) is 14.0. The molecule has 1 unspecified atom stereocenters. The minimum atomic E-state index is -2.00. The molecule has 1 aliphatic rings. The van der Waals surface area contributed by atoms with Crippen molar-refractivity contribution in [3.8, 4) is 0 Å². The molecular weight excluding hydrogens is 374 g/mol. The Morgan fingerprint density at radius 3 is 2.28 bits per heavy atom. The molecule has 0 aromatic heterocycles. The molecule has 2 aromatic rings. The minimum Gasteiger partial charge on any atom is -0.375 e. The average molecular weight is 402 g/mol. The fourth-order valence-corrected chi connectivity index (χ4v) is 3.87. The smallest absolute Gasteiger partial charge is 0.257 e. The Hall–Kier alpha value is -2.31. The second-order valence-electron chi connectivity index (χ2n) is 8.09. The van der Waals surface area contributed by atoms with Crippen LogP contribution in [0.25, 0.3) is 0 Å². The van der Waals surface area contributed by atoms with Gasteiger partial charge in [-0.1, -0.05) is 44.2 Å². The fraction of sp³-hybridized carbons (Fsp3) is 0.435. The van der Waals surface area contributed by atoms with Crippen molar-refractivity contribution in [2.45, 2.75) is 44.9 Å². The number of halogens is 2. The van der Waals surface area contributed by atoms with Crippen molar-refractivity contribution in [3.05, 3.63) is 71.3 Å². The molecule has 29 heavy (non-hydrogen) atoms. The zero-order chi connectivity index (χ0) is 21.0. The van der Waals surface area contributed by atoms with E-state index < -0.39 is 29.1 Å². The van der Waals surface area contributed by atoms with E-state index in [1.807, 2.05) is 18.2 Å². The van der Waals surface area contributed by atoms with Crippen LogP contribution < -0.4 is 5.32 Å². The summed E-state index contributed by atoms with van der Waals surface area (Å²) in [5.41, 5.74) is -0.814. The molecule has 1 aliphatic heterocycles. The highest BCUT2D eigenvalue weighted by molar-refractivity contribution is 5.86. The van der Waals surface area contributed by atoms with Crippen LogP contribution in [0, 0.1) is 17.6 Å². The van der Waals surface area contributed by atoms with Crippen LogP contribution in [-0.4, -0.2) is 35.0 Å². The SMILES string of the molecule is CC(C)C(O)(C(=O)NC1CCN(Cc2ccccc2)CC1)c1cc(F)cc(F)c1. The van der Waals surface area contributed by atoms with E-state index in [0.29, 0.717) is 0 Å². The predicted octanol–water partition coefficient (Wildman–Crippen LogP) is 3.59. The van der Waals surface area contributed by atoms with Gasteiger partial charge in [0.15, 0.2) is 5.60 Å². The number of benzene rings is 2. The van der Waals surface area contributed by atoms with Gasteiger partial charge in [0.2, 0.25) is 0 Å². The number of hydrogen-bond acceptors (Lipinski definition) is 3. The first kappa shape index (κ1) is 21.4. The van der Waals surface area contributed by atoms with Crippen molar-refractivity contribution in [1.82, 2.24) is 10.2 Å². The van der Waals surface area contributed by atoms with Crippen LogP contribution in [0.4, 0.5) is 8.78 Å². The van der Waals surface area contributed by atoms with Crippen molar-refractivity contribution in [2.24, 2.45) is 5.92 Å². The molecule has 0 saturated carbocycles. The lowest BCUT2D eigenvalue weighted by atomic mass is 9.82. The van der Waals surface area contributed by atoms with Gasteiger partial charge in [-0.25, -0.2) is 8.78 Å². The summed E-state index contributed by atoms with van der Waals surface area (Å²) in [4.78, 5) is 15.3. The summed E-state index contributed by atoms with van der Waals surface area (Å²) >= 11 is 0. The molecule has 156 valence electrons. The Morgan fingerprint density at radius 2 is 1.72 bits per heavy atom. The first-order valence-corrected chi connectivity index (χ1v) is 10.0.